The molecule has 9 heteroatoms. The van der Waals surface area contributed by atoms with E-state index >= 15 is 0 Å². The molecule has 3 N–H and O–H groups in total. The van der Waals surface area contributed by atoms with Gasteiger partial charge in [-0.25, -0.2) is 4.79 Å². The second-order valence-corrected chi connectivity index (χ2v) is 6.85. The fraction of sp³-hybridized carbons (Fsp3) is 0.647. The molecule has 2 amide bonds. The van der Waals surface area contributed by atoms with Gasteiger partial charge in [0.15, 0.2) is 5.54 Å². The Kier molecular flexibility index (Phi) is 6.73. The first-order chi connectivity index (χ1) is 12.3. The third-order valence-corrected chi connectivity index (χ3v) is 4.47. The topological polar surface area (TPSA) is 123 Å². The van der Waals surface area contributed by atoms with Gasteiger partial charge < -0.3 is 20.5 Å². The van der Waals surface area contributed by atoms with Crippen molar-refractivity contribution < 1.29 is 24.2 Å². The average molecular weight is 366 g/mol. The van der Waals surface area contributed by atoms with Crippen LogP contribution >= 0.6 is 0 Å². The SMILES string of the molecule is COCC(C)(NC(=O)c1cnn(CC(=O)NC2CCCCC2)c1)C(=O)O. The Morgan fingerprint density at radius 1 is 1.35 bits per heavy atom. The Bertz CT molecular complexity index is 653. The molecule has 9 nitrogen and oxygen atoms in total. The maximum Gasteiger partial charge on any atom is 0.331 e. The van der Waals surface area contributed by atoms with Crippen LogP contribution in [0.1, 0.15) is 49.4 Å². The van der Waals surface area contributed by atoms with E-state index in [0.29, 0.717) is 0 Å². The van der Waals surface area contributed by atoms with Crippen LogP contribution in [0.4, 0.5) is 0 Å². The van der Waals surface area contributed by atoms with Gasteiger partial charge in [0, 0.05) is 19.3 Å². The first-order valence-corrected chi connectivity index (χ1v) is 8.71. The van der Waals surface area contributed by atoms with E-state index in [1.54, 1.807) is 0 Å². The highest BCUT2D eigenvalue weighted by Crippen LogP contribution is 2.17. The average Bonchev–Trinajstić information content (AvgIpc) is 3.04. The lowest BCUT2D eigenvalue weighted by Gasteiger charge is -2.24. The van der Waals surface area contributed by atoms with E-state index < -0.39 is 17.4 Å². The van der Waals surface area contributed by atoms with Crippen LogP contribution in [0.3, 0.4) is 0 Å². The van der Waals surface area contributed by atoms with E-state index in [-0.39, 0.29) is 30.7 Å². The van der Waals surface area contributed by atoms with Gasteiger partial charge in [-0.1, -0.05) is 19.3 Å². The van der Waals surface area contributed by atoms with E-state index in [1.807, 2.05) is 0 Å². The van der Waals surface area contributed by atoms with Crippen molar-refractivity contribution in [1.82, 2.24) is 20.4 Å². The van der Waals surface area contributed by atoms with Gasteiger partial charge in [-0.3, -0.25) is 14.3 Å². The maximum atomic E-state index is 12.3. The van der Waals surface area contributed by atoms with Crippen molar-refractivity contribution in [3.8, 4) is 0 Å². The zero-order valence-electron chi connectivity index (χ0n) is 15.2. The van der Waals surface area contributed by atoms with Crippen LogP contribution in [-0.2, 0) is 20.9 Å². The molecule has 1 aromatic heterocycles. The highest BCUT2D eigenvalue weighted by atomic mass is 16.5. The van der Waals surface area contributed by atoms with Crippen molar-refractivity contribution in [2.75, 3.05) is 13.7 Å². The summed E-state index contributed by atoms with van der Waals surface area (Å²) in [7, 11) is 1.36. The van der Waals surface area contributed by atoms with Gasteiger partial charge in [-0.15, -0.1) is 0 Å². The lowest BCUT2D eigenvalue weighted by molar-refractivity contribution is -0.145. The van der Waals surface area contributed by atoms with Gasteiger partial charge in [0.25, 0.3) is 5.91 Å². The van der Waals surface area contributed by atoms with Crippen LogP contribution in [-0.4, -0.2) is 58.0 Å². The van der Waals surface area contributed by atoms with Crippen LogP contribution in [0.5, 0.6) is 0 Å². The van der Waals surface area contributed by atoms with Gasteiger partial charge in [0.2, 0.25) is 5.91 Å². The van der Waals surface area contributed by atoms with Crippen molar-refractivity contribution in [1.29, 1.82) is 0 Å². The molecule has 0 saturated heterocycles. The minimum Gasteiger partial charge on any atom is -0.479 e. The number of methoxy groups -OCH3 is 1. The molecule has 1 aliphatic rings. The Labute approximate surface area is 152 Å². The number of carbonyl (C=O) groups is 3. The zero-order chi connectivity index (χ0) is 19.2. The summed E-state index contributed by atoms with van der Waals surface area (Å²) in [5.41, 5.74) is -1.37. The minimum atomic E-state index is -1.55. The number of hydrogen-bond acceptors (Lipinski definition) is 5. The second kappa shape index (κ2) is 8.79. The molecule has 0 radical (unpaired) electrons. The summed E-state index contributed by atoms with van der Waals surface area (Å²) in [6.45, 7) is 1.20. The predicted molar refractivity (Wildman–Crippen MR) is 92.6 cm³/mol. The summed E-state index contributed by atoms with van der Waals surface area (Å²) < 4.78 is 6.23. The first kappa shape index (κ1) is 19.9. The van der Waals surface area contributed by atoms with E-state index in [0.717, 1.165) is 25.7 Å². The second-order valence-electron chi connectivity index (χ2n) is 6.85. The molecule has 0 bridgehead atoms. The number of nitrogens with one attached hydrogen (secondary N) is 2. The molecule has 0 spiro atoms. The fourth-order valence-electron chi connectivity index (χ4n) is 3.00. The minimum absolute atomic E-state index is 0.0120. The highest BCUT2D eigenvalue weighted by molar-refractivity contribution is 5.97. The number of rotatable bonds is 8. The van der Waals surface area contributed by atoms with Crippen molar-refractivity contribution in [3.63, 3.8) is 0 Å². The number of aromatic nitrogens is 2. The lowest BCUT2D eigenvalue weighted by atomic mass is 9.95. The highest BCUT2D eigenvalue weighted by Gasteiger charge is 2.35. The van der Waals surface area contributed by atoms with Gasteiger partial charge in [0.05, 0.1) is 18.4 Å². The zero-order valence-corrected chi connectivity index (χ0v) is 15.2. The molecular weight excluding hydrogens is 340 g/mol. The quantitative estimate of drug-likeness (QED) is 0.617. The lowest BCUT2D eigenvalue weighted by Crippen LogP contribution is -2.55. The van der Waals surface area contributed by atoms with Crippen molar-refractivity contribution in [3.05, 3.63) is 18.0 Å². The van der Waals surface area contributed by atoms with Crippen LogP contribution in [0.25, 0.3) is 0 Å². The molecule has 26 heavy (non-hydrogen) atoms. The third kappa shape index (κ3) is 5.29. The Morgan fingerprint density at radius 3 is 2.65 bits per heavy atom. The molecule has 0 aliphatic heterocycles. The summed E-state index contributed by atoms with van der Waals surface area (Å²) in [6.07, 6.45) is 8.17. The maximum absolute atomic E-state index is 12.3. The summed E-state index contributed by atoms with van der Waals surface area (Å²) in [5, 5.41) is 18.7. The number of ether oxygens (including phenoxy) is 1. The normalized spacial score (nSPS) is 17.3. The van der Waals surface area contributed by atoms with E-state index in [4.69, 9.17) is 4.74 Å². The molecule has 1 aliphatic carbocycles. The molecule has 1 unspecified atom stereocenters. The van der Waals surface area contributed by atoms with Crippen LogP contribution < -0.4 is 10.6 Å². The molecule has 2 rings (SSSR count). The number of hydrogen-bond donors (Lipinski definition) is 3. The summed E-state index contributed by atoms with van der Waals surface area (Å²) >= 11 is 0. The third-order valence-electron chi connectivity index (χ3n) is 4.47. The summed E-state index contributed by atoms with van der Waals surface area (Å²) in [4.78, 5) is 35.7. The number of carbonyl (C=O) groups excluding carboxylic acids is 2. The van der Waals surface area contributed by atoms with E-state index in [2.05, 4.69) is 15.7 Å². The number of carboxylic acids is 1. The standard InChI is InChI=1S/C17H26N4O5/c1-17(11-26-2,16(24)25)20-15(23)12-8-18-21(9-12)10-14(22)19-13-6-4-3-5-7-13/h8-9,13H,3-7,10-11H2,1-2H3,(H,19,22)(H,20,23)(H,24,25). The predicted octanol–water partition coefficient (Wildman–Crippen LogP) is 0.552. The van der Waals surface area contributed by atoms with Gasteiger partial charge in [-0.2, -0.15) is 5.10 Å². The van der Waals surface area contributed by atoms with Gasteiger partial charge >= 0.3 is 5.97 Å². The van der Waals surface area contributed by atoms with Gasteiger partial charge in [0.1, 0.15) is 6.54 Å². The number of nitrogens with zero attached hydrogens (tertiary/aromatic N) is 2. The number of aliphatic carboxylic acids is 1. The molecule has 1 heterocycles. The number of carboxylic acid groups (broad SMARTS) is 1. The fourth-order valence-corrected chi connectivity index (χ4v) is 3.00. The van der Waals surface area contributed by atoms with Crippen LogP contribution in [0.15, 0.2) is 12.4 Å². The van der Waals surface area contributed by atoms with Crippen molar-refractivity contribution >= 4 is 17.8 Å². The van der Waals surface area contributed by atoms with Crippen molar-refractivity contribution in [2.45, 2.75) is 57.2 Å². The Hall–Kier alpha value is -2.42. The summed E-state index contributed by atoms with van der Waals surface area (Å²) in [5.74, 6) is -1.94. The molecule has 1 fully saturated rings. The smallest absolute Gasteiger partial charge is 0.331 e. The molecule has 144 valence electrons. The molecule has 1 aromatic rings. The molecule has 0 aromatic carbocycles. The summed E-state index contributed by atoms with van der Waals surface area (Å²) in [6, 6.07) is 0.208. The Balaban J connectivity index is 1.92. The Morgan fingerprint density at radius 2 is 2.04 bits per heavy atom. The first-order valence-electron chi connectivity index (χ1n) is 8.71. The molecule has 1 saturated carbocycles. The molecular formula is C17H26N4O5. The van der Waals surface area contributed by atoms with Crippen molar-refractivity contribution in [2.24, 2.45) is 0 Å². The monoisotopic (exact) mass is 366 g/mol. The largest absolute Gasteiger partial charge is 0.479 e. The van der Waals surface area contributed by atoms with E-state index in [9.17, 15) is 19.5 Å². The van der Waals surface area contributed by atoms with Crippen LogP contribution in [0, 0.1) is 0 Å². The molecule has 1 atom stereocenters. The number of amides is 2. The van der Waals surface area contributed by atoms with Gasteiger partial charge in [-0.05, 0) is 19.8 Å². The van der Waals surface area contributed by atoms with E-state index in [1.165, 1.54) is 37.5 Å². The van der Waals surface area contributed by atoms with Crippen LogP contribution in [0.2, 0.25) is 0 Å².